The SMILES string of the molecule is Cc1ccc([N+](=O)[O-])c(N2CCC(=CC=Cc3ccccc3Cl)CC2)n1. The van der Waals surface area contributed by atoms with E-state index in [0.717, 1.165) is 42.2 Å². The van der Waals surface area contributed by atoms with Gasteiger partial charge in [0.1, 0.15) is 0 Å². The van der Waals surface area contributed by atoms with Crippen molar-refractivity contribution in [2.75, 3.05) is 18.0 Å². The van der Waals surface area contributed by atoms with Crippen LogP contribution in [0.4, 0.5) is 11.5 Å². The van der Waals surface area contributed by atoms with Crippen LogP contribution in [0, 0.1) is 17.0 Å². The molecular formula is C20H20ClN3O2. The summed E-state index contributed by atoms with van der Waals surface area (Å²) in [5, 5.41) is 12.0. The number of benzene rings is 1. The van der Waals surface area contributed by atoms with Gasteiger partial charge < -0.3 is 4.90 Å². The normalized spacial score (nSPS) is 14.7. The lowest BCUT2D eigenvalue weighted by atomic mass is 10.0. The van der Waals surface area contributed by atoms with Crippen LogP contribution in [0.2, 0.25) is 5.02 Å². The molecule has 2 heterocycles. The molecule has 2 aromatic rings. The molecule has 0 bridgehead atoms. The topological polar surface area (TPSA) is 59.3 Å². The average Bonchev–Trinajstić information content (AvgIpc) is 2.63. The second-order valence-corrected chi connectivity index (χ2v) is 6.65. The van der Waals surface area contributed by atoms with Gasteiger partial charge in [-0.1, -0.05) is 53.6 Å². The van der Waals surface area contributed by atoms with Crippen molar-refractivity contribution < 1.29 is 4.92 Å². The van der Waals surface area contributed by atoms with Crippen LogP contribution in [0.3, 0.4) is 0 Å². The number of pyridine rings is 1. The first-order valence-electron chi connectivity index (χ1n) is 8.52. The van der Waals surface area contributed by atoms with Gasteiger partial charge in [0.15, 0.2) is 0 Å². The minimum absolute atomic E-state index is 0.0710. The highest BCUT2D eigenvalue weighted by atomic mass is 35.5. The highest BCUT2D eigenvalue weighted by Crippen LogP contribution is 2.29. The van der Waals surface area contributed by atoms with E-state index < -0.39 is 0 Å². The maximum atomic E-state index is 11.3. The Morgan fingerprint density at radius 1 is 1.19 bits per heavy atom. The Balaban J connectivity index is 1.67. The molecule has 0 spiro atoms. The van der Waals surface area contributed by atoms with E-state index in [1.807, 2.05) is 48.2 Å². The summed E-state index contributed by atoms with van der Waals surface area (Å²) in [4.78, 5) is 17.3. The Bertz CT molecular complexity index is 867. The fourth-order valence-corrected chi connectivity index (χ4v) is 3.18. The van der Waals surface area contributed by atoms with Gasteiger partial charge in [0, 0.05) is 29.9 Å². The Hall–Kier alpha value is -2.66. The smallest absolute Gasteiger partial charge is 0.311 e. The number of aryl methyl sites for hydroxylation is 1. The molecular weight excluding hydrogens is 350 g/mol. The van der Waals surface area contributed by atoms with Gasteiger partial charge in [-0.3, -0.25) is 10.1 Å². The predicted octanol–water partition coefficient (Wildman–Crippen LogP) is 5.19. The van der Waals surface area contributed by atoms with Crippen molar-refractivity contribution in [3.63, 3.8) is 0 Å². The number of halogens is 1. The Morgan fingerprint density at radius 3 is 2.62 bits per heavy atom. The number of allylic oxidation sites excluding steroid dienone is 2. The first kappa shape index (κ1) is 18.1. The third-order valence-electron chi connectivity index (χ3n) is 4.41. The molecule has 0 N–H and O–H groups in total. The van der Waals surface area contributed by atoms with E-state index in [1.54, 1.807) is 6.07 Å². The second kappa shape index (κ2) is 8.15. The fraction of sp³-hybridized carbons (Fsp3) is 0.250. The molecule has 0 saturated carbocycles. The highest BCUT2D eigenvalue weighted by molar-refractivity contribution is 6.32. The molecule has 3 rings (SSSR count). The van der Waals surface area contributed by atoms with Gasteiger partial charge in [-0.2, -0.15) is 0 Å². The number of anilines is 1. The molecule has 1 aromatic heterocycles. The van der Waals surface area contributed by atoms with E-state index in [1.165, 1.54) is 11.6 Å². The van der Waals surface area contributed by atoms with Crippen molar-refractivity contribution >= 4 is 29.2 Å². The minimum atomic E-state index is -0.362. The molecule has 5 nitrogen and oxygen atoms in total. The van der Waals surface area contributed by atoms with E-state index in [4.69, 9.17) is 11.6 Å². The maximum absolute atomic E-state index is 11.3. The standard InChI is InChI=1S/C20H20ClN3O2/c1-15-9-10-19(24(25)26)20(22-15)23-13-11-16(12-14-23)5-4-7-17-6-2-3-8-18(17)21/h2-10H,11-14H2,1H3. The number of nitrogens with zero attached hydrogens (tertiary/aromatic N) is 3. The average molecular weight is 370 g/mol. The van der Waals surface area contributed by atoms with Crippen LogP contribution in [-0.2, 0) is 0 Å². The number of hydrogen-bond donors (Lipinski definition) is 0. The van der Waals surface area contributed by atoms with Gasteiger partial charge in [-0.05, 0) is 37.5 Å². The lowest BCUT2D eigenvalue weighted by molar-refractivity contribution is -0.384. The summed E-state index contributed by atoms with van der Waals surface area (Å²) < 4.78 is 0. The molecule has 0 amide bonds. The molecule has 0 atom stereocenters. The van der Waals surface area contributed by atoms with E-state index in [0.29, 0.717) is 5.82 Å². The van der Waals surface area contributed by atoms with Gasteiger partial charge in [-0.15, -0.1) is 0 Å². The summed E-state index contributed by atoms with van der Waals surface area (Å²) in [6.45, 7) is 3.30. The predicted molar refractivity (Wildman–Crippen MR) is 106 cm³/mol. The van der Waals surface area contributed by atoms with Crippen molar-refractivity contribution in [2.24, 2.45) is 0 Å². The summed E-state index contributed by atoms with van der Waals surface area (Å²) >= 11 is 6.15. The van der Waals surface area contributed by atoms with Gasteiger partial charge in [0.2, 0.25) is 5.82 Å². The molecule has 1 aliphatic heterocycles. The molecule has 1 saturated heterocycles. The Labute approximate surface area is 157 Å². The number of aromatic nitrogens is 1. The van der Waals surface area contributed by atoms with Crippen LogP contribution in [-0.4, -0.2) is 23.0 Å². The molecule has 6 heteroatoms. The molecule has 134 valence electrons. The van der Waals surface area contributed by atoms with Crippen LogP contribution >= 0.6 is 11.6 Å². The van der Waals surface area contributed by atoms with Gasteiger partial charge >= 0.3 is 5.69 Å². The van der Waals surface area contributed by atoms with Gasteiger partial charge in [0.05, 0.1) is 4.92 Å². The van der Waals surface area contributed by atoms with Crippen molar-refractivity contribution in [2.45, 2.75) is 19.8 Å². The maximum Gasteiger partial charge on any atom is 0.311 e. The monoisotopic (exact) mass is 369 g/mol. The third-order valence-corrected chi connectivity index (χ3v) is 4.75. The first-order chi connectivity index (χ1) is 12.5. The van der Waals surface area contributed by atoms with Crippen molar-refractivity contribution in [3.05, 3.63) is 80.5 Å². The number of piperidine rings is 1. The van der Waals surface area contributed by atoms with Crippen LogP contribution in [0.5, 0.6) is 0 Å². The summed E-state index contributed by atoms with van der Waals surface area (Å²) in [5.74, 6) is 0.473. The number of nitro groups is 1. The quantitative estimate of drug-likeness (QED) is 0.549. The minimum Gasteiger partial charge on any atom is -0.350 e. The molecule has 0 radical (unpaired) electrons. The molecule has 0 aliphatic carbocycles. The van der Waals surface area contributed by atoms with E-state index in [2.05, 4.69) is 11.1 Å². The third kappa shape index (κ3) is 4.29. The second-order valence-electron chi connectivity index (χ2n) is 6.25. The van der Waals surface area contributed by atoms with E-state index >= 15 is 0 Å². The lowest BCUT2D eigenvalue weighted by Gasteiger charge is -2.29. The van der Waals surface area contributed by atoms with Crippen LogP contribution in [0.25, 0.3) is 6.08 Å². The largest absolute Gasteiger partial charge is 0.350 e. The van der Waals surface area contributed by atoms with Gasteiger partial charge in [0.25, 0.3) is 0 Å². The summed E-state index contributed by atoms with van der Waals surface area (Å²) in [7, 11) is 0. The number of rotatable bonds is 4. The summed E-state index contributed by atoms with van der Waals surface area (Å²) in [6, 6.07) is 10.9. The van der Waals surface area contributed by atoms with Crippen molar-refractivity contribution in [1.82, 2.24) is 4.98 Å². The van der Waals surface area contributed by atoms with Crippen molar-refractivity contribution in [3.8, 4) is 0 Å². The number of hydrogen-bond acceptors (Lipinski definition) is 4. The molecule has 1 aliphatic rings. The zero-order valence-corrected chi connectivity index (χ0v) is 15.3. The van der Waals surface area contributed by atoms with Crippen LogP contribution < -0.4 is 4.90 Å². The van der Waals surface area contributed by atoms with Crippen LogP contribution in [0.15, 0.2) is 54.1 Å². The molecule has 0 unspecified atom stereocenters. The van der Waals surface area contributed by atoms with E-state index in [9.17, 15) is 10.1 Å². The Morgan fingerprint density at radius 2 is 1.92 bits per heavy atom. The van der Waals surface area contributed by atoms with Crippen LogP contribution in [0.1, 0.15) is 24.1 Å². The van der Waals surface area contributed by atoms with Crippen molar-refractivity contribution in [1.29, 1.82) is 0 Å². The lowest BCUT2D eigenvalue weighted by Crippen LogP contribution is -2.32. The first-order valence-corrected chi connectivity index (χ1v) is 8.90. The molecule has 1 fully saturated rings. The summed E-state index contributed by atoms with van der Waals surface area (Å²) in [5.41, 5.74) is 3.17. The zero-order chi connectivity index (χ0) is 18.5. The van der Waals surface area contributed by atoms with Gasteiger partial charge in [-0.25, -0.2) is 4.98 Å². The molecule has 26 heavy (non-hydrogen) atoms. The fourth-order valence-electron chi connectivity index (χ4n) is 2.98. The van der Waals surface area contributed by atoms with E-state index in [-0.39, 0.29) is 10.6 Å². The zero-order valence-electron chi connectivity index (χ0n) is 14.6. The summed E-state index contributed by atoms with van der Waals surface area (Å²) in [6.07, 6.45) is 7.84. The molecule has 1 aromatic carbocycles. The Kier molecular flexibility index (Phi) is 5.68. The highest BCUT2D eigenvalue weighted by Gasteiger charge is 2.23.